The van der Waals surface area contributed by atoms with Gasteiger partial charge in [-0.3, -0.25) is 0 Å². The summed E-state index contributed by atoms with van der Waals surface area (Å²) in [6.07, 6.45) is 2.88. The lowest BCUT2D eigenvalue weighted by Gasteiger charge is -2.32. The summed E-state index contributed by atoms with van der Waals surface area (Å²) in [5, 5.41) is 10.2. The van der Waals surface area contributed by atoms with Crippen molar-refractivity contribution >= 4 is 0 Å². The van der Waals surface area contributed by atoms with Crippen LogP contribution in [-0.2, 0) is 4.74 Å². The fourth-order valence-electron chi connectivity index (χ4n) is 2.40. The first kappa shape index (κ1) is 12.9. The Morgan fingerprint density at radius 1 is 1.47 bits per heavy atom. The lowest BCUT2D eigenvalue weighted by Crippen LogP contribution is -2.38. The van der Waals surface area contributed by atoms with Crippen molar-refractivity contribution < 1.29 is 9.84 Å². The average molecular weight is 215 g/mol. The van der Waals surface area contributed by atoms with Crippen molar-refractivity contribution in [1.29, 1.82) is 0 Å². The molecule has 1 aliphatic heterocycles. The van der Waals surface area contributed by atoms with E-state index in [9.17, 15) is 5.11 Å². The molecule has 1 rings (SSSR count). The Morgan fingerprint density at radius 3 is 2.67 bits per heavy atom. The monoisotopic (exact) mass is 215 g/mol. The van der Waals surface area contributed by atoms with Gasteiger partial charge in [-0.05, 0) is 37.6 Å². The van der Waals surface area contributed by atoms with Crippen LogP contribution in [0.4, 0.5) is 0 Å². The highest BCUT2D eigenvalue weighted by molar-refractivity contribution is 4.79. The SMILES string of the molecule is CC(C)CC(CN)C(O)C1CCCOC1. The second kappa shape index (κ2) is 6.46. The number of aliphatic hydroxyl groups is 1. The van der Waals surface area contributed by atoms with Gasteiger partial charge in [-0.15, -0.1) is 0 Å². The third-order valence-electron chi connectivity index (χ3n) is 3.24. The number of hydrogen-bond acceptors (Lipinski definition) is 3. The molecule has 0 radical (unpaired) electrons. The highest BCUT2D eigenvalue weighted by atomic mass is 16.5. The van der Waals surface area contributed by atoms with Crippen LogP contribution in [0.15, 0.2) is 0 Å². The minimum Gasteiger partial charge on any atom is -0.392 e. The number of hydrogen-bond donors (Lipinski definition) is 2. The largest absolute Gasteiger partial charge is 0.392 e. The molecule has 1 heterocycles. The molecule has 3 atom stereocenters. The molecular weight excluding hydrogens is 190 g/mol. The third-order valence-corrected chi connectivity index (χ3v) is 3.24. The Labute approximate surface area is 93.0 Å². The molecule has 0 saturated carbocycles. The average Bonchev–Trinajstić information content (AvgIpc) is 2.26. The Kier molecular flexibility index (Phi) is 5.58. The molecule has 0 aliphatic carbocycles. The molecule has 0 aromatic carbocycles. The van der Waals surface area contributed by atoms with Crippen LogP contribution in [0.25, 0.3) is 0 Å². The number of aliphatic hydroxyl groups excluding tert-OH is 1. The van der Waals surface area contributed by atoms with Crippen molar-refractivity contribution in [3.05, 3.63) is 0 Å². The minimum atomic E-state index is -0.280. The van der Waals surface area contributed by atoms with Gasteiger partial charge in [-0.2, -0.15) is 0 Å². The quantitative estimate of drug-likeness (QED) is 0.729. The van der Waals surface area contributed by atoms with Gasteiger partial charge in [0, 0.05) is 12.5 Å². The maximum Gasteiger partial charge on any atom is 0.0630 e. The molecule has 1 aliphatic rings. The van der Waals surface area contributed by atoms with Crippen LogP contribution in [0.5, 0.6) is 0 Å². The summed E-state index contributed by atoms with van der Waals surface area (Å²) in [5.74, 6) is 1.13. The molecule has 0 amide bonds. The Balaban J connectivity index is 2.43. The fourth-order valence-corrected chi connectivity index (χ4v) is 2.40. The second-order valence-corrected chi connectivity index (χ2v) is 5.09. The minimum absolute atomic E-state index is 0.233. The van der Waals surface area contributed by atoms with Crippen molar-refractivity contribution in [2.75, 3.05) is 19.8 Å². The molecule has 15 heavy (non-hydrogen) atoms. The van der Waals surface area contributed by atoms with Gasteiger partial charge >= 0.3 is 0 Å². The highest BCUT2D eigenvalue weighted by Crippen LogP contribution is 2.25. The Bertz CT molecular complexity index is 167. The van der Waals surface area contributed by atoms with Crippen LogP contribution in [0.3, 0.4) is 0 Å². The summed E-state index contributed by atoms with van der Waals surface area (Å²) in [4.78, 5) is 0. The summed E-state index contributed by atoms with van der Waals surface area (Å²) >= 11 is 0. The normalized spacial score (nSPS) is 26.6. The Hall–Kier alpha value is -0.120. The van der Waals surface area contributed by atoms with E-state index in [1.807, 2.05) is 0 Å². The first-order valence-electron chi connectivity index (χ1n) is 6.11. The van der Waals surface area contributed by atoms with Crippen molar-refractivity contribution in [3.8, 4) is 0 Å². The zero-order valence-corrected chi connectivity index (χ0v) is 9.98. The molecule has 0 spiro atoms. The van der Waals surface area contributed by atoms with Gasteiger partial charge in [-0.1, -0.05) is 13.8 Å². The second-order valence-electron chi connectivity index (χ2n) is 5.09. The summed E-state index contributed by atoms with van der Waals surface area (Å²) in [7, 11) is 0. The Morgan fingerprint density at radius 2 is 2.20 bits per heavy atom. The third kappa shape index (κ3) is 4.09. The van der Waals surface area contributed by atoms with Crippen molar-refractivity contribution in [2.45, 2.75) is 39.2 Å². The molecule has 1 saturated heterocycles. The van der Waals surface area contributed by atoms with E-state index in [2.05, 4.69) is 13.8 Å². The topological polar surface area (TPSA) is 55.5 Å². The summed E-state index contributed by atoms with van der Waals surface area (Å²) in [5.41, 5.74) is 5.73. The van der Waals surface area contributed by atoms with Crippen LogP contribution < -0.4 is 5.73 Å². The maximum atomic E-state index is 10.2. The van der Waals surface area contributed by atoms with Crippen LogP contribution >= 0.6 is 0 Å². The zero-order chi connectivity index (χ0) is 11.3. The zero-order valence-electron chi connectivity index (χ0n) is 9.98. The summed E-state index contributed by atoms with van der Waals surface area (Å²) < 4.78 is 5.40. The molecule has 90 valence electrons. The predicted molar refractivity (Wildman–Crippen MR) is 61.5 cm³/mol. The van der Waals surface area contributed by atoms with Gasteiger partial charge in [-0.25, -0.2) is 0 Å². The lowest BCUT2D eigenvalue weighted by atomic mass is 9.83. The molecule has 3 unspecified atom stereocenters. The molecule has 0 bridgehead atoms. The van der Waals surface area contributed by atoms with E-state index in [1.165, 1.54) is 0 Å². The predicted octanol–water partition coefficient (Wildman–Crippen LogP) is 1.39. The number of nitrogens with two attached hydrogens (primary N) is 1. The van der Waals surface area contributed by atoms with Gasteiger partial charge in [0.1, 0.15) is 0 Å². The van der Waals surface area contributed by atoms with Crippen molar-refractivity contribution in [2.24, 2.45) is 23.5 Å². The van der Waals surface area contributed by atoms with Gasteiger partial charge in [0.05, 0.1) is 12.7 Å². The molecule has 0 aromatic rings. The van der Waals surface area contributed by atoms with Crippen LogP contribution in [0.1, 0.15) is 33.1 Å². The van der Waals surface area contributed by atoms with Crippen molar-refractivity contribution in [1.82, 2.24) is 0 Å². The van der Waals surface area contributed by atoms with E-state index in [0.717, 1.165) is 25.9 Å². The highest BCUT2D eigenvalue weighted by Gasteiger charge is 2.28. The van der Waals surface area contributed by atoms with E-state index in [0.29, 0.717) is 25.0 Å². The van der Waals surface area contributed by atoms with Crippen LogP contribution in [-0.4, -0.2) is 31.0 Å². The first-order chi connectivity index (χ1) is 7.15. The molecule has 1 fully saturated rings. The molecule has 3 nitrogen and oxygen atoms in total. The van der Waals surface area contributed by atoms with Crippen molar-refractivity contribution in [3.63, 3.8) is 0 Å². The van der Waals surface area contributed by atoms with E-state index < -0.39 is 0 Å². The van der Waals surface area contributed by atoms with E-state index >= 15 is 0 Å². The fraction of sp³-hybridized carbons (Fsp3) is 1.00. The van der Waals surface area contributed by atoms with Crippen LogP contribution in [0.2, 0.25) is 0 Å². The summed E-state index contributed by atoms with van der Waals surface area (Å²) in [6.45, 7) is 6.48. The van der Waals surface area contributed by atoms with E-state index in [1.54, 1.807) is 0 Å². The van der Waals surface area contributed by atoms with Gasteiger partial charge in [0.15, 0.2) is 0 Å². The van der Waals surface area contributed by atoms with Crippen LogP contribution in [0, 0.1) is 17.8 Å². The molecular formula is C12H25NO2. The number of rotatable bonds is 5. The molecule has 0 aromatic heterocycles. The molecule has 3 N–H and O–H groups in total. The number of ether oxygens (including phenoxy) is 1. The maximum absolute atomic E-state index is 10.2. The smallest absolute Gasteiger partial charge is 0.0630 e. The van der Waals surface area contributed by atoms with Gasteiger partial charge < -0.3 is 15.6 Å². The van der Waals surface area contributed by atoms with E-state index in [4.69, 9.17) is 10.5 Å². The standard InChI is InChI=1S/C12H25NO2/c1-9(2)6-11(7-13)12(14)10-4-3-5-15-8-10/h9-12,14H,3-8,13H2,1-2H3. The summed E-state index contributed by atoms with van der Waals surface area (Å²) in [6, 6.07) is 0. The lowest BCUT2D eigenvalue weighted by molar-refractivity contribution is -0.0348. The van der Waals surface area contributed by atoms with Gasteiger partial charge in [0.2, 0.25) is 0 Å². The van der Waals surface area contributed by atoms with E-state index in [-0.39, 0.29) is 12.0 Å². The first-order valence-corrected chi connectivity index (χ1v) is 6.11. The molecule has 3 heteroatoms. The van der Waals surface area contributed by atoms with Gasteiger partial charge in [0.25, 0.3) is 0 Å².